The van der Waals surface area contributed by atoms with Crippen molar-refractivity contribution in [1.82, 2.24) is 15.2 Å². The van der Waals surface area contributed by atoms with E-state index < -0.39 is 6.04 Å². The Morgan fingerprint density at radius 2 is 2.16 bits per heavy atom. The summed E-state index contributed by atoms with van der Waals surface area (Å²) in [5.41, 5.74) is 2.29. The summed E-state index contributed by atoms with van der Waals surface area (Å²) >= 11 is 0. The minimum absolute atomic E-state index is 0.183. The van der Waals surface area contributed by atoms with Crippen LogP contribution in [0.3, 0.4) is 0 Å². The molecule has 0 spiro atoms. The number of hydrogen-bond acceptors (Lipinski definition) is 4. The van der Waals surface area contributed by atoms with Gasteiger partial charge in [-0.2, -0.15) is 0 Å². The summed E-state index contributed by atoms with van der Waals surface area (Å²) in [7, 11) is 0. The molecule has 3 amide bonds. The lowest BCUT2D eigenvalue weighted by molar-refractivity contribution is -0.136. The van der Waals surface area contributed by atoms with Crippen LogP contribution in [0.5, 0.6) is 0 Å². The second-order valence-electron chi connectivity index (χ2n) is 4.88. The molecule has 19 heavy (non-hydrogen) atoms. The average molecular weight is 259 g/mol. The van der Waals surface area contributed by atoms with Crippen LogP contribution in [0.2, 0.25) is 0 Å². The van der Waals surface area contributed by atoms with E-state index in [2.05, 4.69) is 10.3 Å². The first-order chi connectivity index (χ1) is 9.06. The van der Waals surface area contributed by atoms with Crippen molar-refractivity contribution in [3.63, 3.8) is 0 Å². The topological polar surface area (TPSA) is 79.4 Å². The Morgan fingerprint density at radius 1 is 1.37 bits per heavy atom. The predicted molar refractivity (Wildman–Crippen MR) is 65.0 cm³/mol. The van der Waals surface area contributed by atoms with Crippen LogP contribution in [0.15, 0.2) is 12.3 Å². The molecule has 0 saturated carbocycles. The molecular formula is C13H13N3O3. The molecule has 1 atom stereocenters. The van der Waals surface area contributed by atoms with Crippen LogP contribution in [0, 0.1) is 6.92 Å². The van der Waals surface area contributed by atoms with Gasteiger partial charge in [-0.25, -0.2) is 0 Å². The Morgan fingerprint density at radius 3 is 2.89 bits per heavy atom. The zero-order chi connectivity index (χ0) is 13.6. The van der Waals surface area contributed by atoms with Crippen molar-refractivity contribution in [3.05, 3.63) is 29.1 Å². The third-order valence-electron chi connectivity index (χ3n) is 3.54. The number of piperidine rings is 1. The van der Waals surface area contributed by atoms with E-state index in [1.54, 1.807) is 6.20 Å². The van der Waals surface area contributed by atoms with Crippen LogP contribution < -0.4 is 5.32 Å². The van der Waals surface area contributed by atoms with Crippen molar-refractivity contribution in [2.24, 2.45) is 0 Å². The SMILES string of the molecule is Cc1cc2c(cn1)C(=O)N([C@H]1CCC(=O)NC1=O)C2. The predicted octanol–water partition coefficient (Wildman–Crippen LogP) is 0.151. The van der Waals surface area contributed by atoms with Crippen LogP contribution in [-0.4, -0.2) is 33.6 Å². The summed E-state index contributed by atoms with van der Waals surface area (Å²) in [6.45, 7) is 2.27. The summed E-state index contributed by atoms with van der Waals surface area (Å²) in [6, 6.07) is 1.30. The van der Waals surface area contributed by atoms with Gasteiger partial charge in [0.2, 0.25) is 11.8 Å². The Bertz CT molecular complexity index is 597. The maximum absolute atomic E-state index is 12.3. The number of carbonyl (C=O) groups excluding carboxylic acids is 3. The minimum atomic E-state index is -0.557. The number of nitrogens with zero attached hydrogens (tertiary/aromatic N) is 2. The minimum Gasteiger partial charge on any atom is -0.322 e. The third-order valence-corrected chi connectivity index (χ3v) is 3.54. The lowest BCUT2D eigenvalue weighted by atomic mass is 10.0. The number of rotatable bonds is 1. The summed E-state index contributed by atoms with van der Waals surface area (Å²) in [6.07, 6.45) is 2.21. The van der Waals surface area contributed by atoms with Gasteiger partial charge in [0.15, 0.2) is 0 Å². The van der Waals surface area contributed by atoms with E-state index in [1.807, 2.05) is 13.0 Å². The van der Waals surface area contributed by atoms with E-state index in [0.717, 1.165) is 11.3 Å². The lowest BCUT2D eigenvalue weighted by Crippen LogP contribution is -2.52. The molecule has 98 valence electrons. The molecule has 1 N–H and O–H groups in total. The number of fused-ring (bicyclic) bond motifs is 1. The monoisotopic (exact) mass is 259 g/mol. The highest BCUT2D eigenvalue weighted by Crippen LogP contribution is 2.27. The molecule has 1 aromatic heterocycles. The van der Waals surface area contributed by atoms with E-state index in [4.69, 9.17) is 0 Å². The number of aryl methyl sites for hydroxylation is 1. The highest BCUT2D eigenvalue weighted by atomic mass is 16.2. The van der Waals surface area contributed by atoms with Gasteiger partial charge in [0.25, 0.3) is 5.91 Å². The summed E-state index contributed by atoms with van der Waals surface area (Å²) < 4.78 is 0. The molecule has 2 aliphatic rings. The molecule has 3 rings (SSSR count). The van der Waals surface area contributed by atoms with Crippen molar-refractivity contribution >= 4 is 17.7 Å². The normalized spacial score (nSPS) is 22.5. The van der Waals surface area contributed by atoms with E-state index in [-0.39, 0.29) is 24.1 Å². The van der Waals surface area contributed by atoms with Gasteiger partial charge in [-0.1, -0.05) is 0 Å². The first kappa shape index (κ1) is 11.8. The van der Waals surface area contributed by atoms with Crippen molar-refractivity contribution in [1.29, 1.82) is 0 Å². The largest absolute Gasteiger partial charge is 0.322 e. The van der Waals surface area contributed by atoms with Gasteiger partial charge >= 0.3 is 0 Å². The third kappa shape index (κ3) is 1.89. The summed E-state index contributed by atoms with van der Waals surface area (Å²) in [4.78, 5) is 40.8. The van der Waals surface area contributed by atoms with Gasteiger partial charge < -0.3 is 4.90 Å². The zero-order valence-electron chi connectivity index (χ0n) is 10.5. The van der Waals surface area contributed by atoms with Gasteiger partial charge in [-0.15, -0.1) is 0 Å². The fourth-order valence-corrected chi connectivity index (χ4v) is 2.58. The molecule has 6 nitrogen and oxygen atoms in total. The van der Waals surface area contributed by atoms with Crippen molar-refractivity contribution < 1.29 is 14.4 Å². The molecule has 1 fully saturated rings. The van der Waals surface area contributed by atoms with Crippen LogP contribution >= 0.6 is 0 Å². The van der Waals surface area contributed by atoms with E-state index >= 15 is 0 Å². The summed E-state index contributed by atoms with van der Waals surface area (Å²) in [5, 5.41) is 2.28. The van der Waals surface area contributed by atoms with Gasteiger partial charge in [0.05, 0.1) is 5.56 Å². The van der Waals surface area contributed by atoms with Crippen LogP contribution in [0.1, 0.15) is 34.5 Å². The van der Waals surface area contributed by atoms with Crippen molar-refractivity contribution in [2.45, 2.75) is 32.4 Å². The highest BCUT2D eigenvalue weighted by molar-refractivity contribution is 6.05. The standard InChI is InChI=1S/C13H13N3O3/c1-7-4-8-6-16(13(19)9(8)5-14-7)10-2-3-11(17)15-12(10)18/h4-5,10H,2-3,6H2,1H3,(H,15,17,18)/t10-/m0/s1. The maximum atomic E-state index is 12.3. The van der Waals surface area contributed by atoms with Crippen molar-refractivity contribution in [2.75, 3.05) is 0 Å². The second kappa shape index (κ2) is 4.15. The number of pyridine rings is 1. The van der Waals surface area contributed by atoms with Gasteiger partial charge in [0.1, 0.15) is 6.04 Å². The molecule has 2 aliphatic heterocycles. The number of hydrogen-bond donors (Lipinski definition) is 1. The van der Waals surface area contributed by atoms with Crippen LogP contribution in [0.25, 0.3) is 0 Å². The number of nitrogens with one attached hydrogen (secondary N) is 1. The fraction of sp³-hybridized carbons (Fsp3) is 0.385. The molecule has 6 heteroatoms. The Hall–Kier alpha value is -2.24. The summed E-state index contributed by atoms with van der Waals surface area (Å²) in [5.74, 6) is -0.845. The van der Waals surface area contributed by atoms with Crippen molar-refractivity contribution in [3.8, 4) is 0 Å². The molecule has 3 heterocycles. The number of aromatic nitrogens is 1. The lowest BCUT2D eigenvalue weighted by Gasteiger charge is -2.29. The van der Waals surface area contributed by atoms with Gasteiger partial charge in [0, 0.05) is 24.9 Å². The number of amides is 3. The Labute approximate surface area is 109 Å². The molecule has 0 radical (unpaired) electrons. The first-order valence-corrected chi connectivity index (χ1v) is 6.16. The van der Waals surface area contributed by atoms with E-state index in [1.165, 1.54) is 4.90 Å². The fourth-order valence-electron chi connectivity index (χ4n) is 2.58. The van der Waals surface area contributed by atoms with Gasteiger partial charge in [-0.3, -0.25) is 24.7 Å². The molecular weight excluding hydrogens is 246 g/mol. The number of carbonyl (C=O) groups is 3. The molecule has 0 aliphatic carbocycles. The average Bonchev–Trinajstić information content (AvgIpc) is 2.66. The smallest absolute Gasteiger partial charge is 0.256 e. The van der Waals surface area contributed by atoms with Gasteiger partial charge in [-0.05, 0) is 25.0 Å². The Balaban J connectivity index is 1.87. The number of imide groups is 1. The molecule has 1 saturated heterocycles. The maximum Gasteiger partial charge on any atom is 0.256 e. The Kier molecular flexibility index (Phi) is 2.58. The van der Waals surface area contributed by atoms with Crippen LogP contribution in [-0.2, 0) is 16.1 Å². The highest BCUT2D eigenvalue weighted by Gasteiger charge is 2.39. The van der Waals surface area contributed by atoms with E-state index in [0.29, 0.717) is 18.5 Å². The molecule has 0 bridgehead atoms. The van der Waals surface area contributed by atoms with E-state index in [9.17, 15) is 14.4 Å². The quantitative estimate of drug-likeness (QED) is 0.728. The zero-order valence-corrected chi connectivity index (χ0v) is 10.5. The molecule has 0 unspecified atom stereocenters. The molecule has 1 aromatic rings. The van der Waals surface area contributed by atoms with Crippen LogP contribution in [0.4, 0.5) is 0 Å². The first-order valence-electron chi connectivity index (χ1n) is 6.16. The second-order valence-corrected chi connectivity index (χ2v) is 4.88. The molecule has 0 aromatic carbocycles.